The summed E-state index contributed by atoms with van der Waals surface area (Å²) in [5.41, 5.74) is 4.58. The third kappa shape index (κ3) is 12.9. The number of hydrogen-bond acceptors (Lipinski definition) is 6. The van der Waals surface area contributed by atoms with E-state index < -0.39 is 11.8 Å². The Balaban J connectivity index is 1.32. The molecule has 1 aromatic carbocycles. The number of pyridine rings is 1. The standard InChI is InChI=1S/C33H48FNO6/c1-2-17-38-18-19-39-20-21-40-22-23-41-32-16-14-28(24-30(32)34)27(25-33(36)37)10-5-3-4-6-11-29-15-13-26-9-7-8-12-31(26)35-29/h13-16,24,27H,2-12,17-23,25H2,1H3,(H,36,37)/t27-/m0/s1. The summed E-state index contributed by atoms with van der Waals surface area (Å²) in [6.07, 6.45) is 11.5. The van der Waals surface area contributed by atoms with Crippen LogP contribution in [0.1, 0.15) is 93.1 Å². The highest BCUT2D eigenvalue weighted by Gasteiger charge is 2.18. The van der Waals surface area contributed by atoms with Crippen LogP contribution in [-0.2, 0) is 38.3 Å². The quantitative estimate of drug-likeness (QED) is 0.157. The molecule has 0 aliphatic heterocycles. The summed E-state index contributed by atoms with van der Waals surface area (Å²) in [4.78, 5) is 16.4. The lowest BCUT2D eigenvalue weighted by atomic mass is 9.90. The topological polar surface area (TPSA) is 87.1 Å². The number of ether oxygens (including phenoxy) is 4. The fourth-order valence-electron chi connectivity index (χ4n) is 5.20. The molecule has 2 aromatic rings. The van der Waals surface area contributed by atoms with Gasteiger partial charge in [0.25, 0.3) is 0 Å². The molecule has 8 heteroatoms. The van der Waals surface area contributed by atoms with Crippen LogP contribution < -0.4 is 4.74 Å². The van der Waals surface area contributed by atoms with Crippen LogP contribution in [0.3, 0.4) is 0 Å². The zero-order valence-corrected chi connectivity index (χ0v) is 24.7. The Morgan fingerprint density at radius 2 is 1.61 bits per heavy atom. The molecule has 0 bridgehead atoms. The number of aromatic nitrogens is 1. The molecule has 7 nitrogen and oxygen atoms in total. The summed E-state index contributed by atoms with van der Waals surface area (Å²) in [7, 11) is 0. The highest BCUT2D eigenvalue weighted by atomic mass is 19.1. The van der Waals surface area contributed by atoms with Gasteiger partial charge in [-0.2, -0.15) is 0 Å². The van der Waals surface area contributed by atoms with E-state index in [0.29, 0.717) is 45.0 Å². The van der Waals surface area contributed by atoms with E-state index in [4.69, 9.17) is 23.9 Å². The van der Waals surface area contributed by atoms with E-state index in [1.54, 1.807) is 12.1 Å². The number of halogens is 1. The minimum atomic E-state index is -0.871. The first-order valence-corrected chi connectivity index (χ1v) is 15.4. The van der Waals surface area contributed by atoms with E-state index in [-0.39, 0.29) is 24.7 Å². The fourth-order valence-corrected chi connectivity index (χ4v) is 5.20. The van der Waals surface area contributed by atoms with Crippen LogP contribution in [0.25, 0.3) is 0 Å². The fraction of sp³-hybridized carbons (Fsp3) is 0.636. The van der Waals surface area contributed by atoms with Gasteiger partial charge in [-0.25, -0.2) is 4.39 Å². The van der Waals surface area contributed by atoms with Crippen molar-refractivity contribution < 1.29 is 33.2 Å². The van der Waals surface area contributed by atoms with Crippen molar-refractivity contribution in [2.24, 2.45) is 0 Å². The third-order valence-corrected chi connectivity index (χ3v) is 7.40. The number of nitrogens with zero attached hydrogens (tertiary/aromatic N) is 1. The molecular weight excluding hydrogens is 525 g/mol. The monoisotopic (exact) mass is 573 g/mol. The maximum atomic E-state index is 14.8. The molecule has 41 heavy (non-hydrogen) atoms. The zero-order chi connectivity index (χ0) is 29.1. The predicted octanol–water partition coefficient (Wildman–Crippen LogP) is 6.69. The minimum Gasteiger partial charge on any atom is -0.488 e. The Bertz CT molecular complexity index is 1030. The average Bonchev–Trinajstić information content (AvgIpc) is 2.97. The van der Waals surface area contributed by atoms with Gasteiger partial charge >= 0.3 is 5.97 Å². The maximum absolute atomic E-state index is 14.8. The molecule has 0 saturated heterocycles. The van der Waals surface area contributed by atoms with Crippen LogP contribution in [0.4, 0.5) is 4.39 Å². The Kier molecular flexibility index (Phi) is 15.7. The van der Waals surface area contributed by atoms with Crippen molar-refractivity contribution in [1.29, 1.82) is 0 Å². The zero-order valence-electron chi connectivity index (χ0n) is 24.7. The van der Waals surface area contributed by atoms with Gasteiger partial charge in [0.05, 0.1) is 39.5 Å². The molecule has 228 valence electrons. The molecule has 0 unspecified atom stereocenters. The van der Waals surface area contributed by atoms with Crippen molar-refractivity contribution >= 4 is 5.97 Å². The molecule has 0 fully saturated rings. The minimum absolute atomic E-state index is 0.0146. The first-order valence-electron chi connectivity index (χ1n) is 15.4. The molecule has 1 N–H and O–H groups in total. The van der Waals surface area contributed by atoms with Crippen molar-refractivity contribution in [3.8, 4) is 5.75 Å². The van der Waals surface area contributed by atoms with E-state index in [9.17, 15) is 14.3 Å². The Labute approximate surface area is 244 Å². The first-order chi connectivity index (χ1) is 20.1. The van der Waals surface area contributed by atoms with E-state index in [0.717, 1.165) is 58.0 Å². The number of hydrogen-bond donors (Lipinski definition) is 1. The molecule has 0 saturated carbocycles. The Hall–Kier alpha value is -2.55. The summed E-state index contributed by atoms with van der Waals surface area (Å²) in [5, 5.41) is 9.43. The second kappa shape index (κ2) is 19.5. The summed E-state index contributed by atoms with van der Waals surface area (Å²) in [5.74, 6) is -1.43. The van der Waals surface area contributed by atoms with Crippen molar-refractivity contribution in [3.63, 3.8) is 0 Å². The molecule has 0 radical (unpaired) electrons. The van der Waals surface area contributed by atoms with Gasteiger partial charge in [0.15, 0.2) is 11.6 Å². The highest BCUT2D eigenvalue weighted by molar-refractivity contribution is 5.68. The number of fused-ring (bicyclic) bond motifs is 1. The lowest BCUT2D eigenvalue weighted by molar-refractivity contribution is -0.137. The van der Waals surface area contributed by atoms with Gasteiger partial charge in [0.1, 0.15) is 6.61 Å². The molecule has 1 aromatic heterocycles. The predicted molar refractivity (Wildman–Crippen MR) is 157 cm³/mol. The highest BCUT2D eigenvalue weighted by Crippen LogP contribution is 2.30. The average molecular weight is 574 g/mol. The molecule has 1 atom stereocenters. The number of unbranched alkanes of at least 4 members (excludes halogenated alkanes) is 3. The first kappa shape index (κ1) is 33.0. The van der Waals surface area contributed by atoms with Gasteiger partial charge < -0.3 is 24.1 Å². The normalized spacial score (nSPS) is 13.6. The number of rotatable bonds is 22. The van der Waals surface area contributed by atoms with Crippen molar-refractivity contribution in [2.45, 2.75) is 89.9 Å². The third-order valence-electron chi connectivity index (χ3n) is 7.40. The molecule has 1 aliphatic rings. The van der Waals surface area contributed by atoms with Crippen molar-refractivity contribution in [3.05, 3.63) is 58.7 Å². The van der Waals surface area contributed by atoms with Crippen molar-refractivity contribution in [2.75, 3.05) is 46.2 Å². The summed E-state index contributed by atoms with van der Waals surface area (Å²) in [6.45, 7) is 5.35. The number of carboxylic acids is 1. The van der Waals surface area contributed by atoms with Crippen LogP contribution in [-0.4, -0.2) is 62.3 Å². The van der Waals surface area contributed by atoms with Gasteiger partial charge in [-0.3, -0.25) is 9.78 Å². The van der Waals surface area contributed by atoms with E-state index in [1.165, 1.54) is 35.9 Å². The lowest BCUT2D eigenvalue weighted by Crippen LogP contribution is -2.13. The molecular formula is C33H48FNO6. The summed E-state index contributed by atoms with van der Waals surface area (Å²) >= 11 is 0. The van der Waals surface area contributed by atoms with Gasteiger partial charge in [0, 0.05) is 18.0 Å². The number of aryl methyl sites for hydroxylation is 3. The summed E-state index contributed by atoms with van der Waals surface area (Å²) in [6, 6.07) is 9.21. The van der Waals surface area contributed by atoms with Crippen LogP contribution in [0.5, 0.6) is 5.75 Å². The van der Waals surface area contributed by atoms with Gasteiger partial charge in [0.2, 0.25) is 0 Å². The van der Waals surface area contributed by atoms with Crippen molar-refractivity contribution in [1.82, 2.24) is 4.98 Å². The maximum Gasteiger partial charge on any atom is 0.303 e. The van der Waals surface area contributed by atoms with Gasteiger partial charge in [-0.1, -0.05) is 38.3 Å². The molecule has 1 aliphatic carbocycles. The smallest absolute Gasteiger partial charge is 0.303 e. The molecule has 0 amide bonds. The molecule has 3 rings (SSSR count). The SMILES string of the molecule is CCCOCCOCCOCCOc1ccc([C@@H](CCCCCCc2ccc3c(n2)CCCC3)CC(=O)O)cc1F. The number of aliphatic carboxylic acids is 1. The van der Waals surface area contributed by atoms with E-state index in [2.05, 4.69) is 19.1 Å². The summed E-state index contributed by atoms with van der Waals surface area (Å²) < 4.78 is 36.5. The Morgan fingerprint density at radius 3 is 2.34 bits per heavy atom. The number of benzene rings is 1. The van der Waals surface area contributed by atoms with Crippen LogP contribution in [0.2, 0.25) is 0 Å². The van der Waals surface area contributed by atoms with E-state index in [1.807, 2.05) is 0 Å². The van der Waals surface area contributed by atoms with E-state index >= 15 is 0 Å². The van der Waals surface area contributed by atoms with Crippen LogP contribution in [0, 0.1) is 5.82 Å². The van der Waals surface area contributed by atoms with Gasteiger partial charge in [-0.05, 0) is 86.6 Å². The Morgan fingerprint density at radius 1 is 0.902 bits per heavy atom. The molecule has 0 spiro atoms. The largest absolute Gasteiger partial charge is 0.488 e. The number of carbonyl (C=O) groups is 1. The second-order valence-electron chi connectivity index (χ2n) is 10.7. The second-order valence-corrected chi connectivity index (χ2v) is 10.7. The lowest BCUT2D eigenvalue weighted by Gasteiger charge is -2.17. The number of carboxylic acid groups (broad SMARTS) is 1. The van der Waals surface area contributed by atoms with Gasteiger partial charge in [-0.15, -0.1) is 0 Å². The van der Waals surface area contributed by atoms with Crippen LogP contribution in [0.15, 0.2) is 30.3 Å². The van der Waals surface area contributed by atoms with Crippen LogP contribution >= 0.6 is 0 Å². The molecule has 1 heterocycles.